The second-order valence-corrected chi connectivity index (χ2v) is 3.35. The second-order valence-electron chi connectivity index (χ2n) is 3.35. The Morgan fingerprint density at radius 1 is 1.33 bits per heavy atom. The van der Waals surface area contributed by atoms with Gasteiger partial charge >= 0.3 is 0 Å². The molecular weight excluding hydrogens is 154 g/mol. The molecule has 2 atom stereocenters. The zero-order valence-corrected chi connectivity index (χ0v) is 6.93. The molecule has 1 heterocycles. The molecule has 0 bridgehead atoms. The minimum atomic E-state index is 0.281. The first kappa shape index (κ1) is 7.73. The summed E-state index contributed by atoms with van der Waals surface area (Å²) in [4.78, 5) is 0. The number of aromatic nitrogens is 3. The van der Waals surface area contributed by atoms with Crippen LogP contribution < -0.4 is 0 Å². The normalized spacial score (nSPS) is 29.4. The van der Waals surface area contributed by atoms with E-state index >= 15 is 0 Å². The molecule has 1 aliphatic carbocycles. The van der Waals surface area contributed by atoms with Crippen LogP contribution in [0.1, 0.15) is 25.3 Å². The van der Waals surface area contributed by atoms with Crippen molar-refractivity contribution in [1.29, 1.82) is 0 Å². The number of aliphatic hydroxyl groups excluding tert-OH is 1. The summed E-state index contributed by atoms with van der Waals surface area (Å²) in [6.45, 7) is 0.281. The molecule has 1 aromatic rings. The molecule has 0 saturated heterocycles. The third-order valence-electron chi connectivity index (χ3n) is 2.67. The first-order valence-corrected chi connectivity index (χ1v) is 4.37. The van der Waals surface area contributed by atoms with Crippen LogP contribution >= 0.6 is 0 Å². The molecule has 4 heteroatoms. The predicted molar refractivity (Wildman–Crippen MR) is 43.5 cm³/mol. The van der Waals surface area contributed by atoms with E-state index in [1.165, 1.54) is 6.42 Å². The van der Waals surface area contributed by atoms with Crippen molar-refractivity contribution in [2.24, 2.45) is 5.92 Å². The maximum Gasteiger partial charge on any atom is 0.119 e. The van der Waals surface area contributed by atoms with Crippen LogP contribution in [-0.2, 0) is 0 Å². The topological polar surface area (TPSA) is 50.9 Å². The van der Waals surface area contributed by atoms with Crippen LogP contribution in [-0.4, -0.2) is 26.5 Å². The lowest BCUT2D eigenvalue weighted by molar-refractivity contribution is 0.196. The third-order valence-corrected chi connectivity index (χ3v) is 2.67. The van der Waals surface area contributed by atoms with Gasteiger partial charge in [-0.1, -0.05) is 6.42 Å². The number of hydrogen-bond donors (Lipinski definition) is 1. The summed E-state index contributed by atoms with van der Waals surface area (Å²) >= 11 is 0. The molecule has 1 fully saturated rings. The van der Waals surface area contributed by atoms with Crippen molar-refractivity contribution in [1.82, 2.24) is 14.8 Å². The summed E-state index contributed by atoms with van der Waals surface area (Å²) in [5.41, 5.74) is 0. The number of nitrogens with zero attached hydrogens (tertiary/aromatic N) is 3. The highest BCUT2D eigenvalue weighted by molar-refractivity contribution is 4.83. The van der Waals surface area contributed by atoms with Gasteiger partial charge in [-0.3, -0.25) is 0 Å². The predicted octanol–water partition coefficient (Wildman–Crippen LogP) is 0.612. The lowest BCUT2D eigenvalue weighted by Gasteiger charge is -2.17. The number of rotatable bonds is 2. The molecule has 0 spiro atoms. The van der Waals surface area contributed by atoms with Crippen molar-refractivity contribution in [2.45, 2.75) is 25.3 Å². The summed E-state index contributed by atoms with van der Waals surface area (Å²) in [5, 5.41) is 16.6. The van der Waals surface area contributed by atoms with Crippen molar-refractivity contribution in [2.75, 3.05) is 6.61 Å². The number of hydrogen-bond acceptors (Lipinski definition) is 3. The van der Waals surface area contributed by atoms with Crippen LogP contribution in [0.4, 0.5) is 0 Å². The van der Waals surface area contributed by atoms with Gasteiger partial charge in [-0.15, -0.1) is 10.2 Å². The minimum absolute atomic E-state index is 0.281. The van der Waals surface area contributed by atoms with Crippen molar-refractivity contribution in [3.8, 4) is 0 Å². The minimum Gasteiger partial charge on any atom is -0.396 e. The monoisotopic (exact) mass is 167 g/mol. The molecule has 0 aromatic carbocycles. The van der Waals surface area contributed by atoms with Gasteiger partial charge in [0.25, 0.3) is 0 Å². The quantitative estimate of drug-likeness (QED) is 0.702. The molecule has 1 aliphatic rings. The number of aliphatic hydroxyl groups is 1. The lowest BCUT2D eigenvalue weighted by Crippen LogP contribution is -2.15. The molecule has 1 aromatic heterocycles. The van der Waals surface area contributed by atoms with Gasteiger partial charge in [0.15, 0.2) is 0 Å². The highest BCUT2D eigenvalue weighted by Gasteiger charge is 2.27. The van der Waals surface area contributed by atoms with Crippen LogP contribution in [0.25, 0.3) is 0 Å². The van der Waals surface area contributed by atoms with Crippen molar-refractivity contribution in [3.05, 3.63) is 12.7 Å². The smallest absolute Gasteiger partial charge is 0.119 e. The second kappa shape index (κ2) is 3.23. The van der Waals surface area contributed by atoms with E-state index in [0.717, 1.165) is 12.8 Å². The summed E-state index contributed by atoms with van der Waals surface area (Å²) in [6, 6.07) is 0.421. The van der Waals surface area contributed by atoms with Crippen LogP contribution in [0.5, 0.6) is 0 Å². The van der Waals surface area contributed by atoms with E-state index in [2.05, 4.69) is 10.2 Å². The third kappa shape index (κ3) is 1.22. The molecule has 0 amide bonds. The van der Waals surface area contributed by atoms with Gasteiger partial charge < -0.3 is 9.67 Å². The molecular formula is C8H13N3O. The first-order chi connectivity index (χ1) is 5.92. The van der Waals surface area contributed by atoms with E-state index in [1.54, 1.807) is 12.7 Å². The molecule has 12 heavy (non-hydrogen) atoms. The van der Waals surface area contributed by atoms with Crippen LogP contribution in [0, 0.1) is 5.92 Å². The Hall–Kier alpha value is -0.900. The van der Waals surface area contributed by atoms with Gasteiger partial charge in [-0.2, -0.15) is 0 Å². The zero-order chi connectivity index (χ0) is 8.39. The maximum absolute atomic E-state index is 9.08. The average Bonchev–Trinajstić information content (AvgIpc) is 2.74. The van der Waals surface area contributed by atoms with Crippen molar-refractivity contribution >= 4 is 0 Å². The molecule has 4 nitrogen and oxygen atoms in total. The molecule has 0 radical (unpaired) electrons. The van der Waals surface area contributed by atoms with E-state index in [1.807, 2.05) is 4.57 Å². The highest BCUT2D eigenvalue weighted by atomic mass is 16.3. The van der Waals surface area contributed by atoms with E-state index in [9.17, 15) is 0 Å². The first-order valence-electron chi connectivity index (χ1n) is 4.37. The fourth-order valence-electron chi connectivity index (χ4n) is 2.00. The van der Waals surface area contributed by atoms with Gasteiger partial charge in [0, 0.05) is 18.6 Å². The van der Waals surface area contributed by atoms with Gasteiger partial charge in [0.1, 0.15) is 12.7 Å². The van der Waals surface area contributed by atoms with Gasteiger partial charge in [0.05, 0.1) is 0 Å². The Labute approximate surface area is 71.2 Å². The molecule has 66 valence electrons. The fourth-order valence-corrected chi connectivity index (χ4v) is 2.00. The van der Waals surface area contributed by atoms with Gasteiger partial charge in [-0.25, -0.2) is 0 Å². The molecule has 2 rings (SSSR count). The van der Waals surface area contributed by atoms with Crippen LogP contribution in [0.15, 0.2) is 12.7 Å². The summed E-state index contributed by atoms with van der Waals surface area (Å²) < 4.78 is 2.01. The Morgan fingerprint density at radius 3 is 2.75 bits per heavy atom. The summed E-state index contributed by atoms with van der Waals surface area (Å²) in [5.74, 6) is 0.404. The van der Waals surface area contributed by atoms with E-state index in [0.29, 0.717) is 12.0 Å². The molecule has 0 unspecified atom stereocenters. The lowest BCUT2D eigenvalue weighted by atomic mass is 10.1. The van der Waals surface area contributed by atoms with Crippen LogP contribution in [0.3, 0.4) is 0 Å². The largest absolute Gasteiger partial charge is 0.396 e. The average molecular weight is 167 g/mol. The molecule has 1 saturated carbocycles. The zero-order valence-electron chi connectivity index (χ0n) is 6.93. The Bertz CT molecular complexity index is 234. The maximum atomic E-state index is 9.08. The van der Waals surface area contributed by atoms with Crippen molar-refractivity contribution in [3.63, 3.8) is 0 Å². The van der Waals surface area contributed by atoms with E-state index in [4.69, 9.17) is 5.11 Å². The molecule has 1 N–H and O–H groups in total. The van der Waals surface area contributed by atoms with E-state index in [-0.39, 0.29) is 6.61 Å². The van der Waals surface area contributed by atoms with E-state index < -0.39 is 0 Å². The summed E-state index contributed by atoms with van der Waals surface area (Å²) in [6.07, 6.45) is 6.94. The fraction of sp³-hybridized carbons (Fsp3) is 0.750. The highest BCUT2D eigenvalue weighted by Crippen LogP contribution is 2.34. The Kier molecular flexibility index (Phi) is 2.08. The van der Waals surface area contributed by atoms with Gasteiger partial charge in [0.2, 0.25) is 0 Å². The van der Waals surface area contributed by atoms with Gasteiger partial charge in [-0.05, 0) is 12.8 Å². The molecule has 0 aliphatic heterocycles. The SMILES string of the molecule is OC[C@@H]1CCC[C@@H]1n1cnnc1. The summed E-state index contributed by atoms with van der Waals surface area (Å²) in [7, 11) is 0. The van der Waals surface area contributed by atoms with Crippen molar-refractivity contribution < 1.29 is 5.11 Å². The Morgan fingerprint density at radius 2 is 2.08 bits per heavy atom. The standard InChI is InChI=1S/C8H13N3O/c12-4-7-2-1-3-8(7)11-5-9-10-6-11/h5-8,12H,1-4H2/t7-,8-/m0/s1. The van der Waals surface area contributed by atoms with Crippen LogP contribution in [0.2, 0.25) is 0 Å². The Balaban J connectivity index is 2.13.